The van der Waals surface area contributed by atoms with E-state index in [1.54, 1.807) is 18.2 Å². The number of carboxylic acids is 1. The monoisotopic (exact) mass is 404 g/mol. The minimum absolute atomic E-state index is 0.0989. The lowest BCUT2D eigenvalue weighted by Gasteiger charge is -2.33. The molecular weight excluding hydrogens is 391 g/mol. The van der Waals surface area contributed by atoms with Gasteiger partial charge in [-0.3, -0.25) is 4.90 Å². The number of ether oxygens (including phenoxy) is 1. The molecule has 2 aromatic rings. The summed E-state index contributed by atoms with van der Waals surface area (Å²) in [6.07, 6.45) is -0.0456. The number of nitrogens with zero attached hydrogens (tertiary/aromatic N) is 1. The van der Waals surface area contributed by atoms with Gasteiger partial charge in [0.05, 0.1) is 5.69 Å². The molecule has 2 heterocycles. The molecule has 0 unspecified atom stereocenters. The predicted octanol–water partition coefficient (Wildman–Crippen LogP) is 4.51. The quantitative estimate of drug-likeness (QED) is 0.720. The van der Waals surface area contributed by atoms with Crippen LogP contribution in [-0.4, -0.2) is 38.1 Å². The minimum atomic E-state index is -1.77. The zero-order valence-electron chi connectivity index (χ0n) is 13.4. The molecule has 9 heteroatoms. The average molecular weight is 406 g/mol. The molecule has 0 saturated carbocycles. The maximum Gasteiger partial charge on any atom is 0.414 e. The molecule has 0 aliphatic carbocycles. The molecule has 6 nitrogen and oxygen atoms in total. The maximum atomic E-state index is 12.5. The maximum absolute atomic E-state index is 12.5. The molecular formula is C16H15Cl3N2O4. The number of benzene rings is 1. The molecule has 1 aliphatic rings. The van der Waals surface area contributed by atoms with Gasteiger partial charge in [0, 0.05) is 17.4 Å². The van der Waals surface area contributed by atoms with Crippen molar-refractivity contribution in [2.24, 2.45) is 0 Å². The topological polar surface area (TPSA) is 82.6 Å². The zero-order valence-corrected chi connectivity index (χ0v) is 15.7. The third-order valence-corrected chi connectivity index (χ3v) is 5.61. The number of H-pyrrole nitrogens is 1. The van der Waals surface area contributed by atoms with Crippen molar-refractivity contribution in [3.05, 3.63) is 29.5 Å². The van der Waals surface area contributed by atoms with Crippen molar-refractivity contribution in [2.45, 2.75) is 29.7 Å². The molecule has 0 radical (unpaired) electrons. The van der Waals surface area contributed by atoms with Crippen molar-refractivity contribution in [3.63, 3.8) is 0 Å². The summed E-state index contributed by atoms with van der Waals surface area (Å²) >= 11 is 17.6. The number of aromatic amines is 1. The first-order valence-corrected chi connectivity index (χ1v) is 8.60. The van der Waals surface area contributed by atoms with Gasteiger partial charge in [0.25, 0.3) is 0 Å². The molecule has 2 N–H and O–H groups in total. The van der Waals surface area contributed by atoms with Crippen LogP contribution in [0.4, 0.5) is 10.5 Å². The summed E-state index contributed by atoms with van der Waals surface area (Å²) < 4.78 is 3.62. The third kappa shape index (κ3) is 3.14. The van der Waals surface area contributed by atoms with Gasteiger partial charge >= 0.3 is 12.1 Å². The van der Waals surface area contributed by atoms with E-state index in [0.717, 1.165) is 10.9 Å². The second-order valence-electron chi connectivity index (χ2n) is 6.29. The van der Waals surface area contributed by atoms with Crippen molar-refractivity contribution in [1.82, 2.24) is 4.98 Å². The standard InChI is InChI=1S/C16H15Cl3N2O4/c1-15(2,16(17,18)19)25-14(24)21-6-5-8-9-7-11(13(22)23)20-10(9)3-4-12(8)21/h3-4,7,20H,5-6H2,1-2H3,(H,22,23). The van der Waals surface area contributed by atoms with E-state index in [0.29, 0.717) is 24.2 Å². The van der Waals surface area contributed by atoms with E-state index in [2.05, 4.69) is 4.98 Å². The number of aromatic carboxylic acids is 1. The van der Waals surface area contributed by atoms with Gasteiger partial charge in [-0.15, -0.1) is 0 Å². The first kappa shape index (κ1) is 18.2. The van der Waals surface area contributed by atoms with E-state index >= 15 is 0 Å². The van der Waals surface area contributed by atoms with Gasteiger partial charge in [-0.1, -0.05) is 34.8 Å². The Labute approximate surface area is 158 Å². The Morgan fingerprint density at radius 2 is 1.96 bits per heavy atom. The fraction of sp³-hybridized carbons (Fsp3) is 0.375. The molecule has 0 saturated heterocycles. The van der Waals surface area contributed by atoms with Crippen LogP contribution < -0.4 is 4.90 Å². The van der Waals surface area contributed by atoms with Crippen LogP contribution >= 0.6 is 34.8 Å². The Morgan fingerprint density at radius 3 is 2.56 bits per heavy atom. The van der Waals surface area contributed by atoms with Crippen LogP contribution in [0.2, 0.25) is 0 Å². The highest BCUT2D eigenvalue weighted by Crippen LogP contribution is 2.42. The molecule has 3 rings (SSSR count). The van der Waals surface area contributed by atoms with Crippen LogP contribution in [-0.2, 0) is 11.2 Å². The Hall–Kier alpha value is -1.63. The fourth-order valence-electron chi connectivity index (χ4n) is 2.75. The van der Waals surface area contributed by atoms with Gasteiger partial charge in [0.2, 0.25) is 3.79 Å². The number of nitrogens with one attached hydrogen (secondary N) is 1. The molecule has 134 valence electrons. The van der Waals surface area contributed by atoms with Crippen LogP contribution in [0.15, 0.2) is 18.2 Å². The summed E-state index contributed by atoms with van der Waals surface area (Å²) in [6.45, 7) is 3.43. The lowest BCUT2D eigenvalue weighted by atomic mass is 10.1. The van der Waals surface area contributed by atoms with Crippen molar-refractivity contribution in [3.8, 4) is 0 Å². The molecule has 25 heavy (non-hydrogen) atoms. The van der Waals surface area contributed by atoms with E-state index in [4.69, 9.17) is 44.6 Å². The van der Waals surface area contributed by atoms with Gasteiger partial charge in [-0.05, 0) is 44.0 Å². The van der Waals surface area contributed by atoms with Crippen molar-refractivity contribution >= 4 is 63.5 Å². The minimum Gasteiger partial charge on any atom is -0.477 e. The summed E-state index contributed by atoms with van der Waals surface area (Å²) in [5, 5.41) is 9.89. The average Bonchev–Trinajstić information content (AvgIpc) is 3.08. The number of amides is 1. The van der Waals surface area contributed by atoms with Gasteiger partial charge < -0.3 is 14.8 Å². The molecule has 0 fully saturated rings. The van der Waals surface area contributed by atoms with E-state index < -0.39 is 21.5 Å². The molecule has 0 bridgehead atoms. The fourth-order valence-corrected chi connectivity index (χ4v) is 2.86. The number of hydrogen-bond donors (Lipinski definition) is 2. The zero-order chi connectivity index (χ0) is 18.6. The van der Waals surface area contributed by atoms with Crippen LogP contribution in [0.3, 0.4) is 0 Å². The third-order valence-electron chi connectivity index (χ3n) is 4.24. The van der Waals surface area contributed by atoms with Crippen LogP contribution in [0.1, 0.15) is 29.9 Å². The van der Waals surface area contributed by atoms with Gasteiger partial charge in [0.1, 0.15) is 5.69 Å². The lowest BCUT2D eigenvalue weighted by molar-refractivity contribution is 0.0470. The number of hydrogen-bond acceptors (Lipinski definition) is 3. The van der Waals surface area contributed by atoms with Crippen LogP contribution in [0.5, 0.6) is 0 Å². The largest absolute Gasteiger partial charge is 0.477 e. The number of anilines is 1. The molecule has 1 aromatic heterocycles. The number of halogens is 3. The Bertz CT molecular complexity index is 870. The Balaban J connectivity index is 1.93. The smallest absolute Gasteiger partial charge is 0.414 e. The normalized spacial score (nSPS) is 14.7. The Morgan fingerprint density at radius 1 is 1.28 bits per heavy atom. The highest BCUT2D eigenvalue weighted by Gasteiger charge is 2.45. The summed E-state index contributed by atoms with van der Waals surface area (Å²) in [6, 6.07) is 5.04. The van der Waals surface area contributed by atoms with Crippen molar-refractivity contribution in [1.29, 1.82) is 0 Å². The van der Waals surface area contributed by atoms with Crippen LogP contribution in [0, 0.1) is 0 Å². The number of aromatic nitrogens is 1. The summed E-state index contributed by atoms with van der Waals surface area (Å²) in [5.41, 5.74) is 1.03. The van der Waals surface area contributed by atoms with E-state index in [1.807, 2.05) is 0 Å². The summed E-state index contributed by atoms with van der Waals surface area (Å²) in [5.74, 6) is -1.04. The molecule has 1 amide bonds. The first-order valence-electron chi connectivity index (χ1n) is 7.46. The van der Waals surface area contributed by atoms with Gasteiger partial charge in [-0.2, -0.15) is 0 Å². The number of alkyl halides is 3. The van der Waals surface area contributed by atoms with E-state index in [9.17, 15) is 9.59 Å². The van der Waals surface area contributed by atoms with E-state index in [1.165, 1.54) is 18.7 Å². The van der Waals surface area contributed by atoms with Gasteiger partial charge in [-0.25, -0.2) is 9.59 Å². The number of fused-ring (bicyclic) bond motifs is 3. The highest BCUT2D eigenvalue weighted by molar-refractivity contribution is 6.68. The number of carbonyl (C=O) groups is 2. The molecule has 0 spiro atoms. The number of carbonyl (C=O) groups excluding carboxylic acids is 1. The SMILES string of the molecule is CC(C)(OC(=O)N1CCc2c1ccc1[nH]c(C(=O)O)cc21)C(Cl)(Cl)Cl. The molecule has 1 aromatic carbocycles. The summed E-state index contributed by atoms with van der Waals surface area (Å²) in [4.78, 5) is 28.0. The number of carboxylic acid groups (broad SMARTS) is 1. The van der Waals surface area contributed by atoms with Gasteiger partial charge in [0.15, 0.2) is 5.60 Å². The summed E-state index contributed by atoms with van der Waals surface area (Å²) in [7, 11) is 0. The van der Waals surface area contributed by atoms with Crippen molar-refractivity contribution < 1.29 is 19.4 Å². The van der Waals surface area contributed by atoms with Crippen LogP contribution in [0.25, 0.3) is 10.9 Å². The second kappa shape index (κ2) is 5.97. The lowest BCUT2D eigenvalue weighted by Crippen LogP contribution is -2.45. The first-order chi connectivity index (χ1) is 11.5. The second-order valence-corrected chi connectivity index (χ2v) is 8.57. The highest BCUT2D eigenvalue weighted by atomic mass is 35.6. The van der Waals surface area contributed by atoms with Crippen molar-refractivity contribution in [2.75, 3.05) is 11.4 Å². The predicted molar refractivity (Wildman–Crippen MR) is 97.2 cm³/mol. The molecule has 1 aliphatic heterocycles. The number of rotatable bonds is 2. The van der Waals surface area contributed by atoms with E-state index in [-0.39, 0.29) is 5.69 Å². The Kier molecular flexibility index (Phi) is 4.34. The molecule has 0 atom stereocenters.